The first kappa shape index (κ1) is 44.7. The number of ketones is 1. The van der Waals surface area contributed by atoms with Gasteiger partial charge in [0.15, 0.2) is 5.79 Å². The first-order chi connectivity index (χ1) is 31.4. The molecule has 5 heterocycles. The Morgan fingerprint density at radius 2 is 1.45 bits per heavy atom. The number of hydrogen-bond acceptors (Lipinski definition) is 13. The van der Waals surface area contributed by atoms with Crippen LogP contribution in [0.15, 0.2) is 23.3 Å². The lowest BCUT2D eigenvalue weighted by atomic mass is 9.42. The molecule has 13 heteroatoms. The molecule has 21 atom stereocenters. The highest BCUT2D eigenvalue weighted by atomic mass is 16.7. The quantitative estimate of drug-likeness (QED) is 0.214. The first-order valence-electron chi connectivity index (χ1n) is 26.1. The molecule has 3 spiro atoms. The van der Waals surface area contributed by atoms with Crippen molar-refractivity contribution in [2.75, 3.05) is 13.2 Å². The van der Waals surface area contributed by atoms with E-state index in [1.165, 1.54) is 0 Å². The molecule has 8 aliphatic carbocycles. The molecule has 366 valence electrons. The van der Waals surface area contributed by atoms with Gasteiger partial charge in [-0.2, -0.15) is 0 Å². The Kier molecular flexibility index (Phi) is 8.86. The zero-order chi connectivity index (χ0) is 47.2. The van der Waals surface area contributed by atoms with Crippen LogP contribution in [-0.2, 0) is 49.4 Å². The van der Waals surface area contributed by atoms with Crippen molar-refractivity contribution in [2.24, 2.45) is 69.0 Å². The van der Waals surface area contributed by atoms with Crippen LogP contribution in [-0.4, -0.2) is 118 Å². The maximum Gasteiger partial charge on any atom is 0.201 e. The van der Waals surface area contributed by atoms with Gasteiger partial charge in [-0.3, -0.25) is 14.8 Å². The average molecular weight is 927 g/mol. The molecule has 4 saturated heterocycles. The number of allylic oxidation sites excluding steroid dienone is 1. The van der Waals surface area contributed by atoms with Crippen molar-refractivity contribution in [3.8, 4) is 0 Å². The number of carbonyl (C=O) groups excluding carboxylic acids is 1. The molecule has 0 aromatic carbocycles. The second kappa shape index (κ2) is 13.3. The Bertz CT molecular complexity index is 2440. The molecular weight excluding hydrogens is 853 g/mol. The van der Waals surface area contributed by atoms with Gasteiger partial charge in [0.1, 0.15) is 29.7 Å². The molecule has 0 radical (unpaired) electrons. The van der Waals surface area contributed by atoms with Crippen LogP contribution in [0.3, 0.4) is 0 Å². The van der Waals surface area contributed by atoms with Gasteiger partial charge in [-0.1, -0.05) is 57.9 Å². The standard InChI is InChI=1S/C54H74N2O11/c1-26-31-13-14-32-33-12-10-29-16-37-39(20-48(29,7)51(33,62)23-41(59)50(31,32)25-64-53(26)42(60)21-45(3,4)66-53)56-36-15-28-9-11-30-34(47(28,6)19-38(36)55-37)17-40(58)49(8)35(30)18-44-52(49,63)27(2)54(65-44)43(61)22-46(5,24-57)67-54/h14,18,26-31,33-34,40,42-44,57-58,60-63H,9-13,15-17,19-25H2,1-8H3/t26-,27+,28+,29+,30-,31-,33-,34+,40-,42-,43-,44+,46+,47+,48+,49-,50-,51-,52-,53+,54+/m1/s1. The normalized spacial score (nSPS) is 57.3. The number of ether oxygens (including phenoxy) is 4. The zero-order valence-corrected chi connectivity index (χ0v) is 40.8. The third-order valence-electron chi connectivity index (χ3n) is 23.1. The van der Waals surface area contributed by atoms with E-state index in [0.717, 1.165) is 72.4 Å². The van der Waals surface area contributed by atoms with Crippen molar-refractivity contribution in [2.45, 2.75) is 197 Å². The van der Waals surface area contributed by atoms with Crippen LogP contribution in [0.5, 0.6) is 0 Å². The van der Waals surface area contributed by atoms with E-state index in [0.29, 0.717) is 38.0 Å². The Hall–Kier alpha value is -2.17. The summed E-state index contributed by atoms with van der Waals surface area (Å²) >= 11 is 0. The fourth-order valence-corrected chi connectivity index (χ4v) is 19.3. The summed E-state index contributed by atoms with van der Waals surface area (Å²) in [5.74, 6) is -2.92. The number of aromatic nitrogens is 2. The molecule has 67 heavy (non-hydrogen) atoms. The molecule has 13 rings (SSSR count). The van der Waals surface area contributed by atoms with Crippen molar-refractivity contribution < 1.29 is 54.4 Å². The largest absolute Gasteiger partial charge is 0.393 e. The summed E-state index contributed by atoms with van der Waals surface area (Å²) in [5, 5.41) is 71.6. The first-order valence-corrected chi connectivity index (χ1v) is 26.1. The molecule has 0 bridgehead atoms. The molecule has 13 nitrogen and oxygen atoms in total. The lowest BCUT2D eigenvalue weighted by Gasteiger charge is -2.64. The second-order valence-corrected chi connectivity index (χ2v) is 26.2. The molecular formula is C54H74N2O11. The highest BCUT2D eigenvalue weighted by Gasteiger charge is 2.79. The lowest BCUT2D eigenvalue weighted by Crippen LogP contribution is -2.70. The van der Waals surface area contributed by atoms with Crippen LogP contribution in [0.1, 0.15) is 136 Å². The molecule has 4 saturated carbocycles. The minimum absolute atomic E-state index is 0.0598. The molecule has 0 unspecified atom stereocenters. The number of carbonyl (C=O) groups is 1. The maximum absolute atomic E-state index is 15.0. The van der Waals surface area contributed by atoms with Gasteiger partial charge in [0.05, 0.1) is 64.3 Å². The van der Waals surface area contributed by atoms with E-state index in [-0.39, 0.29) is 72.8 Å². The maximum atomic E-state index is 15.0. The molecule has 0 amide bonds. The number of rotatable bonds is 1. The van der Waals surface area contributed by atoms with E-state index in [4.69, 9.17) is 28.9 Å². The van der Waals surface area contributed by atoms with E-state index in [1.807, 2.05) is 27.7 Å². The van der Waals surface area contributed by atoms with Crippen molar-refractivity contribution in [3.63, 3.8) is 0 Å². The summed E-state index contributed by atoms with van der Waals surface area (Å²) in [6, 6.07) is 0. The average Bonchev–Trinajstić information content (AvgIpc) is 3.98. The molecule has 6 N–H and O–H groups in total. The minimum atomic E-state index is -1.52. The minimum Gasteiger partial charge on any atom is -0.393 e. The van der Waals surface area contributed by atoms with E-state index < -0.39 is 80.6 Å². The van der Waals surface area contributed by atoms with Gasteiger partial charge in [-0.05, 0) is 120 Å². The number of nitrogens with zero attached hydrogens (tertiary/aromatic N) is 2. The monoisotopic (exact) mass is 927 g/mol. The van der Waals surface area contributed by atoms with Gasteiger partial charge >= 0.3 is 0 Å². The Balaban J connectivity index is 0.772. The molecule has 4 aliphatic heterocycles. The van der Waals surface area contributed by atoms with Gasteiger partial charge in [0, 0.05) is 47.8 Å². The summed E-state index contributed by atoms with van der Waals surface area (Å²) in [6.45, 7) is 16.2. The Morgan fingerprint density at radius 3 is 2.13 bits per heavy atom. The lowest BCUT2D eigenvalue weighted by molar-refractivity contribution is -0.337. The fourth-order valence-electron chi connectivity index (χ4n) is 19.3. The van der Waals surface area contributed by atoms with Crippen LogP contribution in [0.2, 0.25) is 0 Å². The van der Waals surface area contributed by atoms with Gasteiger partial charge in [-0.15, -0.1) is 0 Å². The van der Waals surface area contributed by atoms with Crippen LogP contribution in [0.4, 0.5) is 0 Å². The van der Waals surface area contributed by atoms with Crippen LogP contribution < -0.4 is 0 Å². The number of hydrogen-bond donors (Lipinski definition) is 6. The van der Waals surface area contributed by atoms with Crippen LogP contribution >= 0.6 is 0 Å². The van der Waals surface area contributed by atoms with E-state index in [2.05, 4.69) is 32.9 Å². The Morgan fingerprint density at radius 1 is 0.761 bits per heavy atom. The van der Waals surface area contributed by atoms with Crippen molar-refractivity contribution >= 4 is 5.78 Å². The van der Waals surface area contributed by atoms with Crippen LogP contribution in [0.25, 0.3) is 0 Å². The van der Waals surface area contributed by atoms with E-state index in [1.54, 1.807) is 6.92 Å². The predicted octanol–water partition coefficient (Wildman–Crippen LogP) is 4.62. The van der Waals surface area contributed by atoms with Gasteiger partial charge in [0.25, 0.3) is 0 Å². The Labute approximate surface area is 394 Å². The number of aliphatic hydroxyl groups is 6. The third-order valence-corrected chi connectivity index (χ3v) is 23.1. The van der Waals surface area contributed by atoms with E-state index in [9.17, 15) is 35.4 Å². The number of fused-ring (bicyclic) bond motifs is 13. The zero-order valence-electron chi connectivity index (χ0n) is 40.8. The summed E-state index contributed by atoms with van der Waals surface area (Å²) in [6.07, 6.45) is 9.30. The third kappa shape index (κ3) is 5.00. The van der Waals surface area contributed by atoms with Gasteiger partial charge < -0.3 is 49.6 Å². The summed E-state index contributed by atoms with van der Waals surface area (Å²) in [5.41, 5.74) is -0.652. The highest BCUT2D eigenvalue weighted by molar-refractivity contribution is 5.92. The SMILES string of the molecule is C[C@@H]1[C@H]2CC=C3[C@H]4CC[C@H]5Cc6nc7c(nc6C[C@]5(C)[C@@]4(O)CC(=O)[C@@]32CO[C@]12OC(C)(C)C[C@H]2O)C[C@@H]1CC[C@H]2C3=C[C@@H]4O[C@]5(O[C@](C)(CO)C[C@H]5O)[C@@H](C)[C@]4(O)[C@@]3(C)[C@H](O)C[C@@H]2[C@@]1(C)C7. The smallest absolute Gasteiger partial charge is 0.201 e. The summed E-state index contributed by atoms with van der Waals surface area (Å²) < 4.78 is 26.2. The van der Waals surface area contributed by atoms with Crippen molar-refractivity contribution in [1.29, 1.82) is 0 Å². The predicted molar refractivity (Wildman–Crippen MR) is 242 cm³/mol. The molecule has 1 aromatic rings. The second-order valence-electron chi connectivity index (χ2n) is 26.2. The number of Topliss-reactive ketones (excluding diaryl/α,β-unsaturated/α-hetero) is 1. The summed E-state index contributed by atoms with van der Waals surface area (Å²) in [7, 11) is 0. The van der Waals surface area contributed by atoms with Crippen molar-refractivity contribution in [1.82, 2.24) is 9.97 Å². The molecule has 12 aliphatic rings. The molecule has 1 aromatic heterocycles. The molecule has 8 fully saturated rings. The number of aliphatic hydroxyl groups excluding tert-OH is 4. The van der Waals surface area contributed by atoms with E-state index >= 15 is 0 Å². The van der Waals surface area contributed by atoms with Crippen LogP contribution in [0, 0.1) is 69.0 Å². The van der Waals surface area contributed by atoms with Gasteiger partial charge in [0.2, 0.25) is 5.79 Å². The fraction of sp³-hybridized carbons (Fsp3) is 0.833. The highest BCUT2D eigenvalue weighted by Crippen LogP contribution is 2.73. The van der Waals surface area contributed by atoms with Crippen molar-refractivity contribution in [3.05, 3.63) is 46.1 Å². The topological polar surface area (TPSA) is 201 Å². The summed E-state index contributed by atoms with van der Waals surface area (Å²) in [4.78, 5) is 26.0. The van der Waals surface area contributed by atoms with Gasteiger partial charge in [-0.25, -0.2) is 0 Å².